The molecule has 1 aromatic heterocycles. The summed E-state index contributed by atoms with van der Waals surface area (Å²) < 4.78 is 35.8. The van der Waals surface area contributed by atoms with Gasteiger partial charge in [-0.3, -0.25) is 0 Å². The van der Waals surface area contributed by atoms with Crippen LogP contribution in [0.4, 0.5) is 5.69 Å². The predicted octanol–water partition coefficient (Wildman–Crippen LogP) is 4.53. The highest BCUT2D eigenvalue weighted by atomic mass is 32.2. The van der Waals surface area contributed by atoms with Crippen molar-refractivity contribution < 1.29 is 23.1 Å². The predicted molar refractivity (Wildman–Crippen MR) is 136 cm³/mol. The number of carboxylic acid groups (broad SMARTS) is 1. The van der Waals surface area contributed by atoms with Crippen LogP contribution in [0.2, 0.25) is 0 Å². The molecule has 0 radical (unpaired) electrons. The van der Waals surface area contributed by atoms with Crippen molar-refractivity contribution in [2.75, 3.05) is 31.1 Å². The third-order valence-corrected chi connectivity index (χ3v) is 10.0. The van der Waals surface area contributed by atoms with Gasteiger partial charge in [-0.05, 0) is 67.5 Å². The Morgan fingerprint density at radius 3 is 2.71 bits per heavy atom. The van der Waals surface area contributed by atoms with Gasteiger partial charge in [0.1, 0.15) is 22.6 Å². The molecule has 0 amide bonds. The summed E-state index contributed by atoms with van der Waals surface area (Å²) >= 11 is 1.32. The van der Waals surface area contributed by atoms with Crippen molar-refractivity contribution >= 4 is 43.1 Å². The van der Waals surface area contributed by atoms with Gasteiger partial charge in [0.15, 0.2) is 0 Å². The van der Waals surface area contributed by atoms with Crippen LogP contribution in [0.5, 0.6) is 5.75 Å². The van der Waals surface area contributed by atoms with Crippen LogP contribution in [0, 0.1) is 6.92 Å². The molecule has 7 nitrogen and oxygen atoms in total. The summed E-state index contributed by atoms with van der Waals surface area (Å²) in [5, 5.41) is 10.3. The molecule has 0 saturated heterocycles. The van der Waals surface area contributed by atoms with Crippen molar-refractivity contribution in [1.29, 1.82) is 0 Å². The molecule has 1 aliphatic heterocycles. The van der Waals surface area contributed by atoms with Gasteiger partial charge in [-0.25, -0.2) is 13.2 Å². The van der Waals surface area contributed by atoms with Gasteiger partial charge >= 0.3 is 5.97 Å². The van der Waals surface area contributed by atoms with E-state index in [0.29, 0.717) is 29.5 Å². The van der Waals surface area contributed by atoms with Crippen LogP contribution in [-0.4, -0.2) is 56.1 Å². The molecule has 1 N–H and O–H groups in total. The molecule has 2 aromatic carbocycles. The monoisotopic (exact) mass is 502 g/mol. The number of aliphatic carboxylic acids is 1. The average molecular weight is 503 g/mol. The Hall–Kier alpha value is -2.62. The van der Waals surface area contributed by atoms with Crippen molar-refractivity contribution in [2.24, 2.45) is 0 Å². The van der Waals surface area contributed by atoms with E-state index in [1.807, 2.05) is 61.2 Å². The number of aryl methyl sites for hydroxylation is 1. The van der Waals surface area contributed by atoms with E-state index in [9.17, 15) is 18.3 Å². The maximum absolute atomic E-state index is 13.5. The minimum atomic E-state index is -3.64. The van der Waals surface area contributed by atoms with Crippen molar-refractivity contribution in [3.05, 3.63) is 53.6 Å². The number of hydrogen-bond donors (Lipinski definition) is 1. The van der Waals surface area contributed by atoms with E-state index < -0.39 is 22.0 Å². The van der Waals surface area contributed by atoms with Gasteiger partial charge in [-0.15, -0.1) is 11.3 Å². The number of thiophene rings is 1. The number of fused-ring (bicyclic) bond motifs is 2. The van der Waals surface area contributed by atoms with Crippen molar-refractivity contribution in [3.8, 4) is 5.75 Å². The molecule has 182 valence electrons. The van der Waals surface area contributed by atoms with E-state index in [0.717, 1.165) is 33.3 Å². The van der Waals surface area contributed by atoms with E-state index in [1.54, 1.807) is 6.92 Å². The van der Waals surface area contributed by atoms with Crippen molar-refractivity contribution in [3.63, 3.8) is 0 Å². The second-order valence-electron chi connectivity index (χ2n) is 8.51. The lowest BCUT2D eigenvalue weighted by Gasteiger charge is -2.24. The normalized spacial score (nSPS) is 14.5. The molecule has 0 bridgehead atoms. The summed E-state index contributed by atoms with van der Waals surface area (Å²) in [5.41, 5.74) is 2.75. The number of sulfonamides is 1. The summed E-state index contributed by atoms with van der Waals surface area (Å²) in [6.45, 7) is 7.08. The molecule has 0 spiro atoms. The molecule has 1 atom stereocenters. The molecule has 9 heteroatoms. The van der Waals surface area contributed by atoms with Gasteiger partial charge in [0.2, 0.25) is 0 Å². The number of ether oxygens (including phenoxy) is 1. The number of benzene rings is 2. The quantitative estimate of drug-likeness (QED) is 0.439. The highest BCUT2D eigenvalue weighted by Gasteiger charge is 2.29. The highest BCUT2D eigenvalue weighted by molar-refractivity contribution is 7.91. The standard InChI is InChI=1S/C25H30N2O5S2/c1-4-12-26(34(30,31)25-17(2)21-7-5-6-8-23(21)33-25)14-15-32-20-9-10-22-19(16-20)11-13-27(22)18(3)24(28)29/h5-10,16,18H,4,11-15H2,1-3H3,(H,28,29). The van der Waals surface area contributed by atoms with Gasteiger partial charge in [0, 0.05) is 30.0 Å². The van der Waals surface area contributed by atoms with Crippen molar-refractivity contribution in [2.45, 2.75) is 43.9 Å². The van der Waals surface area contributed by atoms with Gasteiger partial charge in [-0.2, -0.15) is 4.31 Å². The van der Waals surface area contributed by atoms with Gasteiger partial charge < -0.3 is 14.7 Å². The minimum absolute atomic E-state index is 0.233. The van der Waals surface area contributed by atoms with E-state index >= 15 is 0 Å². The lowest BCUT2D eigenvalue weighted by molar-refractivity contribution is -0.138. The molecule has 0 fully saturated rings. The molecule has 2 heterocycles. The molecule has 1 aliphatic rings. The maximum atomic E-state index is 13.5. The smallest absolute Gasteiger partial charge is 0.326 e. The van der Waals surface area contributed by atoms with Crippen molar-refractivity contribution in [1.82, 2.24) is 4.31 Å². The Balaban J connectivity index is 1.46. The Morgan fingerprint density at radius 1 is 1.24 bits per heavy atom. The topological polar surface area (TPSA) is 87.2 Å². The first-order valence-corrected chi connectivity index (χ1v) is 13.7. The lowest BCUT2D eigenvalue weighted by atomic mass is 10.1. The maximum Gasteiger partial charge on any atom is 0.326 e. The third-order valence-electron chi connectivity index (χ3n) is 6.26. The Kier molecular flexibility index (Phi) is 7.16. The summed E-state index contributed by atoms with van der Waals surface area (Å²) in [6.07, 6.45) is 1.46. The second kappa shape index (κ2) is 9.93. The number of anilines is 1. The fraction of sp³-hybridized carbons (Fsp3) is 0.400. The Bertz CT molecular complexity index is 1300. The van der Waals surface area contributed by atoms with Gasteiger partial charge in [-0.1, -0.05) is 25.1 Å². The molecule has 0 saturated carbocycles. The average Bonchev–Trinajstić information content (AvgIpc) is 3.39. The van der Waals surface area contributed by atoms with Crippen LogP contribution in [0.1, 0.15) is 31.4 Å². The van der Waals surface area contributed by atoms with Crippen LogP contribution in [0.15, 0.2) is 46.7 Å². The first-order valence-electron chi connectivity index (χ1n) is 11.5. The summed E-state index contributed by atoms with van der Waals surface area (Å²) in [5.74, 6) is -0.185. The van der Waals surface area contributed by atoms with E-state index in [-0.39, 0.29) is 13.2 Å². The molecule has 3 aromatic rings. The number of rotatable bonds is 10. The van der Waals surface area contributed by atoms with Gasteiger partial charge in [0.05, 0.1) is 0 Å². The largest absolute Gasteiger partial charge is 0.492 e. The third kappa shape index (κ3) is 4.64. The molecule has 34 heavy (non-hydrogen) atoms. The van der Waals surface area contributed by atoms with Gasteiger partial charge in [0.25, 0.3) is 10.0 Å². The number of hydrogen-bond acceptors (Lipinski definition) is 6. The highest BCUT2D eigenvalue weighted by Crippen LogP contribution is 2.36. The van der Waals surface area contributed by atoms with Crippen LogP contribution in [0.25, 0.3) is 10.1 Å². The van der Waals surface area contributed by atoms with E-state index in [1.165, 1.54) is 15.6 Å². The fourth-order valence-corrected chi connectivity index (χ4v) is 7.83. The second-order valence-corrected chi connectivity index (χ2v) is 11.7. The number of carboxylic acids is 1. The zero-order valence-electron chi connectivity index (χ0n) is 19.7. The van der Waals surface area contributed by atoms with Crippen LogP contribution < -0.4 is 9.64 Å². The molecular weight excluding hydrogens is 472 g/mol. The minimum Gasteiger partial charge on any atom is -0.492 e. The SMILES string of the molecule is CCCN(CCOc1ccc2c(c1)CCN2C(C)C(=O)O)S(=O)(=O)c1sc2ccccc2c1C. The summed E-state index contributed by atoms with van der Waals surface area (Å²) in [7, 11) is -3.64. The Labute approximate surface area is 204 Å². The van der Waals surface area contributed by atoms with E-state index in [2.05, 4.69) is 0 Å². The van der Waals surface area contributed by atoms with Crippen LogP contribution in [-0.2, 0) is 21.2 Å². The van der Waals surface area contributed by atoms with Crippen LogP contribution >= 0.6 is 11.3 Å². The molecular formula is C25H30N2O5S2. The summed E-state index contributed by atoms with van der Waals surface area (Å²) in [6, 6.07) is 12.8. The lowest BCUT2D eigenvalue weighted by Crippen LogP contribution is -2.37. The molecule has 0 aliphatic carbocycles. The molecule has 1 unspecified atom stereocenters. The van der Waals surface area contributed by atoms with Crippen LogP contribution in [0.3, 0.4) is 0 Å². The number of carbonyl (C=O) groups is 1. The molecule has 4 rings (SSSR count). The first-order chi connectivity index (χ1) is 16.2. The number of nitrogens with zero attached hydrogens (tertiary/aromatic N) is 2. The zero-order valence-corrected chi connectivity index (χ0v) is 21.3. The summed E-state index contributed by atoms with van der Waals surface area (Å²) in [4.78, 5) is 13.2. The fourth-order valence-electron chi connectivity index (χ4n) is 4.41. The first kappa shape index (κ1) is 24.5. The van der Waals surface area contributed by atoms with E-state index in [4.69, 9.17) is 4.74 Å². The Morgan fingerprint density at radius 2 is 2.00 bits per heavy atom. The zero-order chi connectivity index (χ0) is 24.5.